The second-order valence-electron chi connectivity index (χ2n) is 9.26. The van der Waals surface area contributed by atoms with Crippen molar-refractivity contribution >= 4 is 40.9 Å². The minimum absolute atomic E-state index is 0.00595. The van der Waals surface area contributed by atoms with E-state index in [1.54, 1.807) is 29.2 Å². The number of hydrogen-bond donors (Lipinski definition) is 1. The molecule has 0 bridgehead atoms. The maximum Gasteiger partial charge on any atom is 0.257 e. The Kier molecular flexibility index (Phi) is 7.01. The van der Waals surface area contributed by atoms with Crippen molar-refractivity contribution < 1.29 is 14.0 Å². The molecule has 0 aromatic heterocycles. The van der Waals surface area contributed by atoms with Gasteiger partial charge >= 0.3 is 0 Å². The Bertz CT molecular complexity index is 1190. The molecule has 2 atom stereocenters. The lowest BCUT2D eigenvalue weighted by Gasteiger charge is -2.30. The monoisotopic (exact) mass is 496 g/mol. The number of thioether (sulfide) groups is 1. The number of carbonyl (C=O) groups is 2. The molecule has 0 saturated carbocycles. The third-order valence-electron chi connectivity index (χ3n) is 5.82. The summed E-state index contributed by atoms with van der Waals surface area (Å²) in [4.78, 5) is 28.5. The standard InChI is InChI=1S/C27H26ClFN2O2S/c1-27(2,3)18-10-8-17(9-11-18)26-31(25(33)21-6-4-5-7-22(21)28)23(16-34-26)24(32)30-20-14-12-19(29)13-15-20/h4-15,23,26H,16H2,1-3H3,(H,30,32). The lowest BCUT2D eigenvalue weighted by molar-refractivity contribution is -0.119. The lowest BCUT2D eigenvalue weighted by atomic mass is 9.86. The number of carbonyl (C=O) groups excluding carboxylic acids is 2. The molecule has 34 heavy (non-hydrogen) atoms. The molecule has 1 fully saturated rings. The number of rotatable bonds is 4. The molecule has 176 valence electrons. The normalized spacial score (nSPS) is 18.1. The maximum absolute atomic E-state index is 13.7. The Hall–Kier alpha value is -2.83. The summed E-state index contributed by atoms with van der Waals surface area (Å²) in [5, 5.41) is 2.81. The van der Waals surface area contributed by atoms with E-state index < -0.39 is 6.04 Å². The van der Waals surface area contributed by atoms with Crippen LogP contribution in [-0.4, -0.2) is 28.5 Å². The van der Waals surface area contributed by atoms with Crippen molar-refractivity contribution in [2.75, 3.05) is 11.1 Å². The van der Waals surface area contributed by atoms with Crippen molar-refractivity contribution in [1.82, 2.24) is 4.90 Å². The average molecular weight is 497 g/mol. The van der Waals surface area contributed by atoms with E-state index in [0.717, 1.165) is 5.56 Å². The van der Waals surface area contributed by atoms with Crippen LogP contribution in [0.5, 0.6) is 0 Å². The Morgan fingerprint density at radius 1 is 1.00 bits per heavy atom. The van der Waals surface area contributed by atoms with Gasteiger partial charge in [-0.15, -0.1) is 11.8 Å². The summed E-state index contributed by atoms with van der Waals surface area (Å²) in [5.74, 6) is -0.591. The molecule has 3 aromatic rings. The smallest absolute Gasteiger partial charge is 0.257 e. The number of anilines is 1. The molecule has 1 aliphatic heterocycles. The van der Waals surface area contributed by atoms with Crippen LogP contribution >= 0.6 is 23.4 Å². The first-order chi connectivity index (χ1) is 16.1. The van der Waals surface area contributed by atoms with Gasteiger partial charge in [0.25, 0.3) is 5.91 Å². The van der Waals surface area contributed by atoms with Crippen molar-refractivity contribution in [2.24, 2.45) is 0 Å². The number of hydrogen-bond acceptors (Lipinski definition) is 3. The predicted molar refractivity (Wildman–Crippen MR) is 137 cm³/mol. The Balaban J connectivity index is 1.67. The van der Waals surface area contributed by atoms with Crippen molar-refractivity contribution in [3.05, 3.63) is 100 Å². The van der Waals surface area contributed by atoms with E-state index in [4.69, 9.17) is 11.6 Å². The minimum atomic E-state index is -0.717. The molecule has 4 rings (SSSR count). The summed E-state index contributed by atoms with van der Waals surface area (Å²) in [5.41, 5.74) is 2.96. The minimum Gasteiger partial charge on any atom is -0.324 e. The van der Waals surface area contributed by atoms with E-state index >= 15 is 0 Å². The highest BCUT2D eigenvalue weighted by atomic mass is 35.5. The molecule has 1 heterocycles. The van der Waals surface area contributed by atoms with E-state index in [-0.39, 0.29) is 28.4 Å². The Morgan fingerprint density at radius 3 is 2.26 bits per heavy atom. The number of nitrogens with one attached hydrogen (secondary N) is 1. The zero-order valence-corrected chi connectivity index (χ0v) is 20.8. The molecule has 2 amide bonds. The third-order valence-corrected chi connectivity index (χ3v) is 7.47. The van der Waals surface area contributed by atoms with Gasteiger partial charge in [-0.2, -0.15) is 0 Å². The van der Waals surface area contributed by atoms with Crippen LogP contribution in [0.4, 0.5) is 10.1 Å². The van der Waals surface area contributed by atoms with Gasteiger partial charge in [0.15, 0.2) is 0 Å². The van der Waals surface area contributed by atoms with Gasteiger partial charge < -0.3 is 10.2 Å². The quantitative estimate of drug-likeness (QED) is 0.438. The van der Waals surface area contributed by atoms with Crippen LogP contribution < -0.4 is 5.32 Å². The van der Waals surface area contributed by atoms with Crippen LogP contribution in [-0.2, 0) is 10.2 Å². The summed E-state index contributed by atoms with van der Waals surface area (Å²) in [6.45, 7) is 6.44. The topological polar surface area (TPSA) is 49.4 Å². The zero-order chi connectivity index (χ0) is 24.5. The summed E-state index contributed by atoms with van der Waals surface area (Å²) in [6.07, 6.45) is 0. The summed E-state index contributed by atoms with van der Waals surface area (Å²) in [6, 6.07) is 19.9. The summed E-state index contributed by atoms with van der Waals surface area (Å²) >= 11 is 7.88. The Labute approximate surface area is 208 Å². The van der Waals surface area contributed by atoms with Crippen molar-refractivity contribution in [3.8, 4) is 0 Å². The third kappa shape index (κ3) is 5.13. The molecule has 0 spiro atoms. The predicted octanol–water partition coefficient (Wildman–Crippen LogP) is 6.67. The molecule has 4 nitrogen and oxygen atoms in total. The van der Waals surface area contributed by atoms with Gasteiger partial charge in [-0.1, -0.05) is 68.8 Å². The van der Waals surface area contributed by atoms with Crippen molar-refractivity contribution in [3.63, 3.8) is 0 Å². The van der Waals surface area contributed by atoms with Crippen LogP contribution in [0.1, 0.15) is 47.6 Å². The average Bonchev–Trinajstić information content (AvgIpc) is 3.25. The molecule has 0 aliphatic carbocycles. The second kappa shape index (κ2) is 9.80. The van der Waals surface area contributed by atoms with Crippen LogP contribution in [0.25, 0.3) is 0 Å². The first kappa shape index (κ1) is 24.3. The largest absolute Gasteiger partial charge is 0.324 e. The van der Waals surface area contributed by atoms with Gasteiger partial charge in [-0.05, 0) is 52.9 Å². The summed E-state index contributed by atoms with van der Waals surface area (Å²) < 4.78 is 13.3. The highest BCUT2D eigenvalue weighted by Crippen LogP contribution is 2.43. The highest BCUT2D eigenvalue weighted by Gasteiger charge is 2.43. The molecular formula is C27H26ClFN2O2S. The second-order valence-corrected chi connectivity index (χ2v) is 10.8. The first-order valence-electron chi connectivity index (χ1n) is 11.0. The molecule has 1 saturated heterocycles. The van der Waals surface area contributed by atoms with E-state index in [1.165, 1.54) is 41.6 Å². The van der Waals surface area contributed by atoms with Crippen LogP contribution in [0.3, 0.4) is 0 Å². The Morgan fingerprint density at radius 2 is 1.65 bits per heavy atom. The van der Waals surface area contributed by atoms with Crippen LogP contribution in [0.2, 0.25) is 5.02 Å². The molecule has 1 aliphatic rings. The van der Waals surface area contributed by atoms with E-state index in [9.17, 15) is 14.0 Å². The fourth-order valence-corrected chi connectivity index (χ4v) is 5.54. The first-order valence-corrected chi connectivity index (χ1v) is 12.4. The number of benzene rings is 3. The molecule has 7 heteroatoms. The summed E-state index contributed by atoms with van der Waals surface area (Å²) in [7, 11) is 0. The fourth-order valence-electron chi connectivity index (χ4n) is 3.89. The maximum atomic E-state index is 13.7. The van der Waals surface area contributed by atoms with Gasteiger partial charge in [0.2, 0.25) is 5.91 Å². The van der Waals surface area contributed by atoms with Crippen molar-refractivity contribution in [2.45, 2.75) is 37.6 Å². The van der Waals surface area contributed by atoms with Crippen LogP contribution in [0.15, 0.2) is 72.8 Å². The van der Waals surface area contributed by atoms with E-state index in [1.807, 2.05) is 12.1 Å². The van der Waals surface area contributed by atoms with Gasteiger partial charge in [-0.3, -0.25) is 9.59 Å². The number of amides is 2. The van der Waals surface area contributed by atoms with Crippen LogP contribution in [0, 0.1) is 5.82 Å². The lowest BCUT2D eigenvalue weighted by Crippen LogP contribution is -2.45. The van der Waals surface area contributed by atoms with Crippen molar-refractivity contribution in [1.29, 1.82) is 0 Å². The van der Waals surface area contributed by atoms with E-state index in [0.29, 0.717) is 22.0 Å². The molecule has 2 unspecified atom stereocenters. The van der Waals surface area contributed by atoms with Gasteiger partial charge in [0.1, 0.15) is 17.2 Å². The molecule has 3 aromatic carbocycles. The van der Waals surface area contributed by atoms with Gasteiger partial charge in [-0.25, -0.2) is 4.39 Å². The zero-order valence-electron chi connectivity index (χ0n) is 19.2. The van der Waals surface area contributed by atoms with E-state index in [2.05, 4.69) is 38.2 Å². The number of nitrogens with zero attached hydrogens (tertiary/aromatic N) is 1. The highest BCUT2D eigenvalue weighted by molar-refractivity contribution is 7.99. The fraction of sp³-hybridized carbons (Fsp3) is 0.259. The SMILES string of the molecule is CC(C)(C)c1ccc(C2SCC(C(=O)Nc3ccc(F)cc3)N2C(=O)c2ccccc2Cl)cc1. The van der Waals surface area contributed by atoms with Gasteiger partial charge in [0.05, 0.1) is 10.6 Å². The van der Waals surface area contributed by atoms with Gasteiger partial charge in [0, 0.05) is 11.4 Å². The molecule has 1 N–H and O–H groups in total. The number of halogens is 2. The molecule has 0 radical (unpaired) electrons. The molecular weight excluding hydrogens is 471 g/mol.